The smallest absolute Gasteiger partial charge is 0.212 e. The molecule has 0 aliphatic rings. The lowest BCUT2D eigenvalue weighted by Crippen LogP contribution is -2.38. The van der Waals surface area contributed by atoms with Crippen molar-refractivity contribution < 1.29 is 14.2 Å². The second-order valence-corrected chi connectivity index (χ2v) is 5.91. The fraction of sp³-hybridized carbons (Fsp3) is 0.400. The second kappa shape index (κ2) is 10.3. The molecule has 1 heterocycles. The zero-order valence-electron chi connectivity index (χ0n) is 16.7. The van der Waals surface area contributed by atoms with E-state index in [2.05, 4.69) is 15.2 Å². The maximum absolute atomic E-state index is 5.49. The molecule has 27 heavy (non-hydrogen) atoms. The van der Waals surface area contributed by atoms with Crippen LogP contribution in [0.2, 0.25) is 0 Å². The van der Waals surface area contributed by atoms with Crippen molar-refractivity contribution in [3.63, 3.8) is 0 Å². The van der Waals surface area contributed by atoms with Gasteiger partial charge in [0.25, 0.3) is 0 Å². The van der Waals surface area contributed by atoms with Gasteiger partial charge in [-0.05, 0) is 24.6 Å². The fourth-order valence-electron chi connectivity index (χ4n) is 2.57. The Balaban J connectivity index is 2.12. The summed E-state index contributed by atoms with van der Waals surface area (Å²) in [6, 6.07) is 9.62. The van der Waals surface area contributed by atoms with Crippen LogP contribution in [0.5, 0.6) is 17.4 Å². The molecule has 7 heteroatoms. The molecule has 0 aliphatic carbocycles. The third-order valence-electron chi connectivity index (χ3n) is 4.02. The molecule has 0 atom stereocenters. The quantitative estimate of drug-likeness (QED) is 0.568. The topological polar surface area (TPSA) is 68.2 Å². The highest BCUT2D eigenvalue weighted by Crippen LogP contribution is 2.25. The summed E-state index contributed by atoms with van der Waals surface area (Å²) >= 11 is 0. The number of nitrogens with one attached hydrogen (secondary N) is 1. The molecule has 0 aliphatic heterocycles. The van der Waals surface area contributed by atoms with Crippen LogP contribution < -0.4 is 19.5 Å². The Labute approximate surface area is 161 Å². The minimum absolute atomic E-state index is 0.531. The summed E-state index contributed by atoms with van der Waals surface area (Å²) in [6.45, 7) is 4.01. The van der Waals surface area contributed by atoms with Crippen molar-refractivity contribution in [2.75, 3.05) is 34.9 Å². The van der Waals surface area contributed by atoms with Crippen LogP contribution in [0.1, 0.15) is 18.1 Å². The predicted octanol–water partition coefficient (Wildman–Crippen LogP) is 2.70. The third kappa shape index (κ3) is 5.77. The van der Waals surface area contributed by atoms with Crippen molar-refractivity contribution in [1.29, 1.82) is 0 Å². The molecule has 0 amide bonds. The van der Waals surface area contributed by atoms with Gasteiger partial charge < -0.3 is 24.4 Å². The van der Waals surface area contributed by atoms with Crippen LogP contribution in [0, 0.1) is 0 Å². The van der Waals surface area contributed by atoms with E-state index in [-0.39, 0.29) is 0 Å². The van der Waals surface area contributed by atoms with Gasteiger partial charge in [0, 0.05) is 44.0 Å². The first kappa shape index (κ1) is 20.4. The maximum atomic E-state index is 5.49. The van der Waals surface area contributed by atoms with E-state index in [0.29, 0.717) is 19.0 Å². The third-order valence-corrected chi connectivity index (χ3v) is 4.02. The highest BCUT2D eigenvalue weighted by atomic mass is 16.5. The van der Waals surface area contributed by atoms with E-state index in [9.17, 15) is 0 Å². The molecule has 0 spiro atoms. The summed E-state index contributed by atoms with van der Waals surface area (Å²) in [5.41, 5.74) is 2.07. The summed E-state index contributed by atoms with van der Waals surface area (Å²) in [5, 5.41) is 3.32. The number of hydrogen-bond donors (Lipinski definition) is 1. The Morgan fingerprint density at radius 2 is 1.93 bits per heavy atom. The van der Waals surface area contributed by atoms with E-state index in [0.717, 1.165) is 35.1 Å². The van der Waals surface area contributed by atoms with Crippen LogP contribution in [0.4, 0.5) is 0 Å². The molecule has 0 bridgehead atoms. The van der Waals surface area contributed by atoms with E-state index >= 15 is 0 Å². The van der Waals surface area contributed by atoms with Gasteiger partial charge >= 0.3 is 0 Å². The Hall–Kier alpha value is -2.96. The van der Waals surface area contributed by atoms with Crippen molar-refractivity contribution >= 4 is 5.96 Å². The molecular formula is C20H28N4O3. The molecule has 1 N–H and O–H groups in total. The number of nitrogens with zero attached hydrogens (tertiary/aromatic N) is 3. The Morgan fingerprint density at radius 1 is 1.11 bits per heavy atom. The van der Waals surface area contributed by atoms with Crippen LogP contribution in [-0.2, 0) is 13.1 Å². The molecule has 0 saturated carbocycles. The first-order valence-corrected chi connectivity index (χ1v) is 8.80. The number of hydrogen-bond acceptors (Lipinski definition) is 5. The van der Waals surface area contributed by atoms with Crippen LogP contribution in [-0.4, -0.2) is 50.8 Å². The van der Waals surface area contributed by atoms with Crippen LogP contribution in [0.25, 0.3) is 0 Å². The molecule has 0 fully saturated rings. The summed E-state index contributed by atoms with van der Waals surface area (Å²) in [4.78, 5) is 11.0. The molecule has 2 aromatic rings. The van der Waals surface area contributed by atoms with Crippen molar-refractivity contribution in [2.24, 2.45) is 4.99 Å². The van der Waals surface area contributed by atoms with Gasteiger partial charge in [-0.2, -0.15) is 0 Å². The van der Waals surface area contributed by atoms with Gasteiger partial charge in [0.1, 0.15) is 11.5 Å². The lowest BCUT2D eigenvalue weighted by atomic mass is 10.2. The van der Waals surface area contributed by atoms with Crippen molar-refractivity contribution in [3.8, 4) is 17.4 Å². The van der Waals surface area contributed by atoms with Crippen LogP contribution in [0.3, 0.4) is 0 Å². The summed E-state index contributed by atoms with van der Waals surface area (Å²) < 4.78 is 15.8. The fourth-order valence-corrected chi connectivity index (χ4v) is 2.57. The highest BCUT2D eigenvalue weighted by molar-refractivity contribution is 5.79. The molecular weight excluding hydrogens is 344 g/mol. The summed E-state index contributed by atoms with van der Waals surface area (Å²) in [5.74, 6) is 2.96. The zero-order valence-corrected chi connectivity index (χ0v) is 16.7. The van der Waals surface area contributed by atoms with E-state index < -0.39 is 0 Å². The standard InChI is InChI=1S/C20H28N4O3/c1-6-21-20(23-13-15-7-10-19(27-5)22-12-15)24(2)14-16-8-9-17(25-3)11-18(16)26-4/h7-12H,6,13-14H2,1-5H3,(H,21,23). The molecule has 0 unspecified atom stereocenters. The van der Waals surface area contributed by atoms with Crippen molar-refractivity contribution in [1.82, 2.24) is 15.2 Å². The van der Waals surface area contributed by atoms with E-state index in [1.807, 2.05) is 44.3 Å². The SMILES string of the molecule is CCNC(=NCc1ccc(OC)nc1)N(C)Cc1ccc(OC)cc1OC. The number of ether oxygens (including phenoxy) is 3. The number of aliphatic imine (C=N–C) groups is 1. The molecule has 7 nitrogen and oxygen atoms in total. The predicted molar refractivity (Wildman–Crippen MR) is 107 cm³/mol. The minimum atomic E-state index is 0.531. The number of aromatic nitrogens is 1. The number of pyridine rings is 1. The molecule has 0 saturated heterocycles. The van der Waals surface area contributed by atoms with Crippen LogP contribution >= 0.6 is 0 Å². The van der Waals surface area contributed by atoms with Gasteiger partial charge in [-0.25, -0.2) is 9.98 Å². The minimum Gasteiger partial charge on any atom is -0.497 e. The number of guanidine groups is 1. The normalized spacial score (nSPS) is 11.1. The van der Waals surface area contributed by atoms with Gasteiger partial charge in [-0.1, -0.05) is 6.07 Å². The average Bonchev–Trinajstić information content (AvgIpc) is 2.71. The van der Waals surface area contributed by atoms with E-state index in [1.165, 1.54) is 0 Å². The number of methoxy groups -OCH3 is 3. The monoisotopic (exact) mass is 372 g/mol. The molecule has 1 aromatic heterocycles. The number of rotatable bonds is 8. The van der Waals surface area contributed by atoms with Gasteiger partial charge in [0.05, 0.1) is 27.9 Å². The largest absolute Gasteiger partial charge is 0.497 e. The lowest BCUT2D eigenvalue weighted by molar-refractivity contribution is 0.382. The molecule has 2 rings (SSSR count). The summed E-state index contributed by atoms with van der Waals surface area (Å²) in [7, 11) is 6.90. The van der Waals surface area contributed by atoms with Gasteiger partial charge in [0.2, 0.25) is 5.88 Å². The van der Waals surface area contributed by atoms with Crippen molar-refractivity contribution in [2.45, 2.75) is 20.0 Å². The Kier molecular flexibility index (Phi) is 7.73. The van der Waals surface area contributed by atoms with Crippen LogP contribution in [0.15, 0.2) is 41.5 Å². The Morgan fingerprint density at radius 3 is 2.52 bits per heavy atom. The van der Waals surface area contributed by atoms with Crippen molar-refractivity contribution in [3.05, 3.63) is 47.7 Å². The van der Waals surface area contributed by atoms with E-state index in [4.69, 9.17) is 19.2 Å². The van der Waals surface area contributed by atoms with Gasteiger partial charge in [-0.15, -0.1) is 0 Å². The summed E-state index contributed by atoms with van der Waals surface area (Å²) in [6.07, 6.45) is 1.78. The van der Waals surface area contributed by atoms with Gasteiger partial charge in [0.15, 0.2) is 5.96 Å². The average molecular weight is 372 g/mol. The first-order chi connectivity index (χ1) is 13.1. The zero-order chi connectivity index (χ0) is 19.6. The molecule has 1 aromatic carbocycles. The lowest BCUT2D eigenvalue weighted by Gasteiger charge is -2.23. The second-order valence-electron chi connectivity index (χ2n) is 5.91. The number of benzene rings is 1. The Bertz CT molecular complexity index is 747. The van der Waals surface area contributed by atoms with Gasteiger partial charge in [-0.3, -0.25) is 0 Å². The molecule has 0 radical (unpaired) electrons. The first-order valence-electron chi connectivity index (χ1n) is 8.80. The molecule has 146 valence electrons. The highest BCUT2D eigenvalue weighted by Gasteiger charge is 2.11. The maximum Gasteiger partial charge on any atom is 0.212 e. The van der Waals surface area contributed by atoms with E-state index in [1.54, 1.807) is 27.5 Å².